The van der Waals surface area contributed by atoms with Gasteiger partial charge in [-0.1, -0.05) is 77.8 Å². The van der Waals surface area contributed by atoms with Gasteiger partial charge in [0, 0.05) is 104 Å². The van der Waals surface area contributed by atoms with E-state index in [2.05, 4.69) is 46.8 Å². The molecule has 2 saturated carbocycles. The van der Waals surface area contributed by atoms with E-state index in [1.54, 1.807) is 64.8 Å². The zero-order chi connectivity index (χ0) is 67.1. The maximum atomic E-state index is 13.4. The van der Waals surface area contributed by atoms with E-state index < -0.39 is 26.8 Å². The second kappa shape index (κ2) is 38.5. The van der Waals surface area contributed by atoms with Crippen LogP contribution in [0.25, 0.3) is 44.3 Å². The average Bonchev–Trinajstić information content (AvgIpc) is 1.61. The minimum atomic E-state index is -3.80. The zero-order valence-corrected chi connectivity index (χ0v) is 71.9. The summed E-state index contributed by atoms with van der Waals surface area (Å²) in [6.07, 6.45) is 17.2. The van der Waals surface area contributed by atoms with Crippen LogP contribution in [0.3, 0.4) is 0 Å². The summed E-state index contributed by atoms with van der Waals surface area (Å²) in [6.45, 7) is 15.0. The number of nitrogens with zero attached hydrogens (tertiary/aromatic N) is 7. The van der Waals surface area contributed by atoms with Crippen molar-refractivity contribution >= 4 is 98.0 Å². The molecule has 2 amide bonds. The summed E-state index contributed by atoms with van der Waals surface area (Å²) in [4.78, 5) is 60.5. The number of epoxide rings is 1. The van der Waals surface area contributed by atoms with Gasteiger partial charge in [0.2, 0.25) is 11.9 Å². The number of H-pyrrole nitrogens is 1. The van der Waals surface area contributed by atoms with Crippen LogP contribution in [-0.2, 0) is 33.9 Å². The number of fused-ring (bicyclic) bond motifs is 2. The number of hydrogen-bond acceptors (Lipinski definition) is 20. The number of anilines is 2. The summed E-state index contributed by atoms with van der Waals surface area (Å²) in [5.74, 6) is 1.02. The van der Waals surface area contributed by atoms with Crippen molar-refractivity contribution < 1.29 is 197 Å². The molecule has 514 valence electrons. The quantitative estimate of drug-likeness (QED) is 0.0386. The van der Waals surface area contributed by atoms with E-state index in [9.17, 15) is 23.1 Å². The maximum absolute atomic E-state index is 13.4. The number of aromatic amines is 1. The molecule has 4 aromatic heterocycles. The van der Waals surface area contributed by atoms with Crippen LogP contribution in [0.5, 0.6) is 0 Å². The van der Waals surface area contributed by atoms with Crippen LogP contribution in [0.1, 0.15) is 120 Å². The number of amides is 2. The Labute approximate surface area is 697 Å². The molecule has 3 saturated heterocycles. The topological polar surface area (TPSA) is 330 Å². The summed E-state index contributed by atoms with van der Waals surface area (Å²) in [5.41, 5.74) is 8.85. The molecular weight excluding hydrogens is 1560 g/mol. The van der Waals surface area contributed by atoms with Gasteiger partial charge in [-0.2, -0.15) is 0 Å². The van der Waals surface area contributed by atoms with Gasteiger partial charge in [-0.3, -0.25) is 4.79 Å². The van der Waals surface area contributed by atoms with Crippen molar-refractivity contribution in [2.45, 2.75) is 170 Å². The number of aliphatic hydroxyl groups excluding tert-OH is 1. The number of para-hydroxylation sites is 2. The first-order valence-electron chi connectivity index (χ1n) is 31.4. The van der Waals surface area contributed by atoms with Gasteiger partial charge < -0.3 is 72.5 Å². The molecule has 30 heteroatoms. The van der Waals surface area contributed by atoms with E-state index in [4.69, 9.17) is 63.3 Å². The number of carbonyl (C=O) groups excluding carboxylic acids is 3. The van der Waals surface area contributed by atoms with Gasteiger partial charge in [-0.15, -0.1) is 12.4 Å². The number of ether oxygens (including phenoxy) is 3. The number of halogens is 3. The molecule has 96 heavy (non-hydrogen) atoms. The molecule has 5 aliphatic rings. The predicted molar refractivity (Wildman–Crippen MR) is 364 cm³/mol. The van der Waals surface area contributed by atoms with Crippen LogP contribution in [0, 0.1) is 0 Å². The predicted octanol–water partition coefficient (Wildman–Crippen LogP) is 4.40. The van der Waals surface area contributed by atoms with Crippen LogP contribution in [-0.4, -0.2) is 169 Å². The second-order valence-electron chi connectivity index (χ2n) is 25.9. The summed E-state index contributed by atoms with van der Waals surface area (Å²) >= 11 is 13.0. The Kier molecular flexibility index (Phi) is 33.6. The smallest absolute Gasteiger partial charge is 1.00 e. The van der Waals surface area contributed by atoms with Crippen LogP contribution in [0.15, 0.2) is 109 Å². The second-order valence-corrected chi connectivity index (χ2v) is 28.5. The Balaban J connectivity index is 0.000000311. The fraction of sp³-hybridized carbons (Fsp3) is 0.500. The fourth-order valence-corrected chi connectivity index (χ4v) is 13.5. The Hall–Kier alpha value is -2.81. The van der Waals surface area contributed by atoms with Gasteiger partial charge in [0.1, 0.15) is 11.2 Å². The number of nitrogens with two attached hydrogens (primary N) is 1. The Morgan fingerprint density at radius 1 is 0.750 bits per heavy atom. The third-order valence-electron chi connectivity index (χ3n) is 16.6. The molecule has 24 nitrogen and oxygen atoms in total. The molecule has 4 atom stereocenters. The van der Waals surface area contributed by atoms with E-state index in [1.807, 2.05) is 84.1 Å². The molecule has 7 aromatic rings. The molecule has 8 N–H and O–H groups in total. The Bertz CT molecular complexity index is 3740. The summed E-state index contributed by atoms with van der Waals surface area (Å²) in [7, 11) is -2.80. The molecule has 1 unspecified atom stereocenters. The van der Waals surface area contributed by atoms with Crippen molar-refractivity contribution in [1.29, 1.82) is 0 Å². The molecule has 2 aliphatic carbocycles. The van der Waals surface area contributed by atoms with Crippen LogP contribution >= 0.6 is 35.6 Å². The van der Waals surface area contributed by atoms with Crippen molar-refractivity contribution in [1.82, 2.24) is 44.0 Å². The first-order valence-corrected chi connectivity index (χ1v) is 33.6. The summed E-state index contributed by atoms with van der Waals surface area (Å²) in [5, 5.41) is 39.8. The van der Waals surface area contributed by atoms with E-state index in [-0.39, 0.29) is 205 Å². The van der Waals surface area contributed by atoms with Crippen LogP contribution in [0.4, 0.5) is 21.5 Å². The minimum absolute atomic E-state index is 0. The van der Waals surface area contributed by atoms with Crippen molar-refractivity contribution in [2.24, 2.45) is 5.73 Å². The standard InChI is InChI=1S/C29H39ClN6O3.C24H24ClN5O2S.C11H19NO3.CH2O3.CH4O.ClH.2Cs.H/c1-28(2,3)39-27(37)36-13-11-29(38,12-14-36)18-33-19-7-6-8-20(15-19)34-26-32-17-23(30)25(35-26)22-16-31-24-10-5-4-9-21(22)24;25-21-14-27-24(28-17-8-6-7-16(26)13-17)29-23(21)20-15-30(22-12-5-4-11-19(20)22)33(31,32)18-9-2-1-3-10-18;1-10(2,3)15-9(13)12-6-4-11(5-7-12)8-14-11;2-1-4-3;1-2;;;;/h4-5,9-10,16-17,19-20,31,33,38H,6-8,11-15,18H2,1-3H3,(H,32,34,35);1-5,9-12,14-17H,6-8,13,26H2,(H,27,28,29);4-8H2,1-3H3;1,3H;2H,1H3;1H;;;/q;;;;;;2*+1;-1/p-1/t19-,20+;16?,17-;;;;;;;/m01......./s1. The van der Waals surface area contributed by atoms with Crippen molar-refractivity contribution in [3.63, 3.8) is 0 Å². The molecule has 3 aliphatic heterocycles. The van der Waals surface area contributed by atoms with Gasteiger partial charge in [0.25, 0.3) is 16.5 Å². The largest absolute Gasteiger partial charge is 1.00 e. The van der Waals surface area contributed by atoms with Crippen molar-refractivity contribution in [3.8, 4) is 22.5 Å². The van der Waals surface area contributed by atoms with Crippen molar-refractivity contribution in [2.75, 3.05) is 57.1 Å². The monoisotopic (exact) mass is 1640 g/mol. The molecule has 0 bridgehead atoms. The van der Waals surface area contributed by atoms with E-state index in [0.717, 1.165) is 113 Å². The number of aliphatic hydroxyl groups is 2. The fourth-order valence-electron chi connectivity index (χ4n) is 11.7. The van der Waals surface area contributed by atoms with E-state index >= 15 is 0 Å². The van der Waals surface area contributed by atoms with Crippen LogP contribution in [0.2, 0.25) is 10.0 Å². The van der Waals surface area contributed by atoms with E-state index in [0.29, 0.717) is 76.9 Å². The molecule has 3 aromatic carbocycles. The number of rotatable bonds is 12. The molecule has 12 rings (SSSR count). The third kappa shape index (κ3) is 23.9. The van der Waals surface area contributed by atoms with Gasteiger partial charge in [-0.05, 0) is 143 Å². The van der Waals surface area contributed by atoms with Gasteiger partial charge in [0.15, 0.2) is 0 Å². The zero-order valence-electron chi connectivity index (χ0n) is 57.2. The number of aromatic nitrogens is 6. The molecule has 1 spiro atoms. The van der Waals surface area contributed by atoms with Gasteiger partial charge >= 0.3 is 150 Å². The number of carbonyl (C=O) groups is 3. The van der Waals surface area contributed by atoms with Crippen molar-refractivity contribution in [3.05, 3.63) is 114 Å². The normalized spacial score (nSPS) is 19.3. The first-order chi connectivity index (χ1) is 44.3. The number of benzene rings is 3. The average molecular weight is 1650 g/mol. The third-order valence-corrected chi connectivity index (χ3v) is 18.8. The number of likely N-dealkylation sites (tertiary alicyclic amines) is 2. The van der Waals surface area contributed by atoms with E-state index in [1.165, 1.54) is 3.97 Å². The SMILES string of the molecule is CC(C)(C)OC(=O)N1CCC(O)(CN[C@H]2CCC[C@@H](Nc3ncc(Cl)c(-c4c[nH]c5ccccc45)n3)C2)CC1.CC(C)(C)OC(=O)N1CCC2(CC1)CO2.CO.Cl.NC1CCC[C@@H](Nc2ncc(Cl)c(-c3cn(S(=O)(=O)c4ccccc4)c4ccccc34)n2)C1.O=CO[O-].[Cs+].[Cs+].[H-]. The molecule has 5 fully saturated rings. The first kappa shape index (κ1) is 83.9. The van der Waals surface area contributed by atoms with Gasteiger partial charge in [-0.25, -0.2) is 41.9 Å². The van der Waals surface area contributed by atoms with Crippen LogP contribution < -0.4 is 165 Å². The number of nitrogens with one attached hydrogen (secondary N) is 4. The Morgan fingerprint density at radius 2 is 1.23 bits per heavy atom. The number of piperidine rings is 2. The molecule has 7 heterocycles. The maximum Gasteiger partial charge on any atom is 1.00 e. The summed E-state index contributed by atoms with van der Waals surface area (Å²) in [6, 6.07) is 24.6. The van der Waals surface area contributed by atoms with Gasteiger partial charge in [0.05, 0.1) is 62.0 Å². The molecule has 0 radical (unpaired) electrons. The molecular formula is C66H89Cl3Cs2N12O12S. The minimum Gasteiger partial charge on any atom is -1.00 e. The Morgan fingerprint density at radius 3 is 1.76 bits per heavy atom. The number of hydrogen-bond donors (Lipinski definition) is 7. The summed E-state index contributed by atoms with van der Waals surface area (Å²) < 4.78 is 44.3.